The van der Waals surface area contributed by atoms with Crippen LogP contribution in [0.3, 0.4) is 0 Å². The molecule has 3 aromatic rings. The zero-order chi connectivity index (χ0) is 25.9. The van der Waals surface area contributed by atoms with Crippen LogP contribution in [0.15, 0.2) is 53.4 Å². The monoisotopic (exact) mass is 511 g/mol. The zero-order valence-electron chi connectivity index (χ0n) is 21.1. The van der Waals surface area contributed by atoms with Crippen molar-refractivity contribution in [2.45, 2.75) is 38.3 Å². The fraction of sp³-hybridized carbons (Fsp3) is 0.423. The number of nitrogens with zero attached hydrogens (tertiary/aromatic N) is 4. The van der Waals surface area contributed by atoms with Gasteiger partial charge in [-0.1, -0.05) is 43.7 Å². The van der Waals surface area contributed by atoms with E-state index in [0.29, 0.717) is 49.3 Å². The van der Waals surface area contributed by atoms with E-state index in [0.717, 1.165) is 16.5 Å². The lowest BCUT2D eigenvalue weighted by molar-refractivity contribution is -0.142. The van der Waals surface area contributed by atoms with Crippen molar-refractivity contribution in [3.8, 4) is 0 Å². The van der Waals surface area contributed by atoms with E-state index in [-0.39, 0.29) is 11.9 Å². The van der Waals surface area contributed by atoms with Gasteiger partial charge in [0, 0.05) is 31.6 Å². The Morgan fingerprint density at radius 2 is 1.69 bits per heavy atom. The van der Waals surface area contributed by atoms with E-state index >= 15 is 0 Å². The van der Waals surface area contributed by atoms with Crippen LogP contribution < -0.4 is 5.32 Å². The number of hydrogen-bond donors (Lipinski definition) is 1. The lowest BCUT2D eigenvalue weighted by Crippen LogP contribution is -2.48. The fourth-order valence-electron chi connectivity index (χ4n) is 4.26. The number of rotatable bonds is 8. The van der Waals surface area contributed by atoms with Crippen LogP contribution in [-0.4, -0.2) is 72.9 Å². The minimum absolute atomic E-state index is 0.00168. The lowest BCUT2D eigenvalue weighted by atomic mass is 10.0. The number of sulfonamides is 1. The number of carbonyl (C=O) groups is 1. The van der Waals surface area contributed by atoms with Crippen LogP contribution >= 0.6 is 0 Å². The Kier molecular flexibility index (Phi) is 7.87. The Hall–Kier alpha value is -3.08. The molecule has 192 valence electrons. The van der Waals surface area contributed by atoms with Gasteiger partial charge in [-0.25, -0.2) is 23.2 Å². The fourth-order valence-corrected chi connectivity index (χ4v) is 5.69. The summed E-state index contributed by atoms with van der Waals surface area (Å²) < 4.78 is 32.6. The highest BCUT2D eigenvalue weighted by molar-refractivity contribution is 7.89. The second-order valence-corrected chi connectivity index (χ2v) is 11.3. The van der Waals surface area contributed by atoms with Gasteiger partial charge < -0.3 is 10.1 Å². The average Bonchev–Trinajstić information content (AvgIpc) is 2.87. The first kappa shape index (κ1) is 26.0. The predicted octanol–water partition coefficient (Wildman–Crippen LogP) is 3.05. The van der Waals surface area contributed by atoms with Gasteiger partial charge in [-0.15, -0.1) is 0 Å². The van der Waals surface area contributed by atoms with E-state index in [1.54, 1.807) is 12.1 Å². The summed E-state index contributed by atoms with van der Waals surface area (Å²) in [7, 11) is -2.14. The van der Waals surface area contributed by atoms with Crippen molar-refractivity contribution in [1.29, 1.82) is 0 Å². The lowest BCUT2D eigenvalue weighted by Gasteiger charge is -2.33. The highest BCUT2D eigenvalue weighted by Gasteiger charge is 2.29. The molecule has 9 nitrogen and oxygen atoms in total. The number of hydrogen-bond acceptors (Lipinski definition) is 8. The third-order valence-corrected chi connectivity index (χ3v) is 8.33. The van der Waals surface area contributed by atoms with Gasteiger partial charge in [-0.3, -0.25) is 4.90 Å². The summed E-state index contributed by atoms with van der Waals surface area (Å²) in [4.78, 5) is 24.3. The molecule has 2 heterocycles. The largest absolute Gasteiger partial charge is 0.467 e. The third kappa shape index (κ3) is 5.66. The van der Waals surface area contributed by atoms with Gasteiger partial charge in [0.2, 0.25) is 10.0 Å². The number of carbonyl (C=O) groups excluding carboxylic acids is 1. The molecule has 1 fully saturated rings. The van der Waals surface area contributed by atoms with Crippen molar-refractivity contribution in [2.75, 3.05) is 38.6 Å². The molecule has 0 unspecified atom stereocenters. The molecule has 2 aromatic carbocycles. The zero-order valence-corrected chi connectivity index (χ0v) is 22.0. The Labute approximate surface area is 212 Å². The van der Waals surface area contributed by atoms with Crippen LogP contribution in [0.4, 0.5) is 5.82 Å². The van der Waals surface area contributed by atoms with Gasteiger partial charge in [-0.2, -0.15) is 4.31 Å². The molecule has 0 radical (unpaired) electrons. The maximum atomic E-state index is 13.0. The Morgan fingerprint density at radius 1 is 1.03 bits per heavy atom. The van der Waals surface area contributed by atoms with E-state index in [2.05, 4.69) is 10.2 Å². The smallest absolute Gasteiger partial charge is 0.328 e. The van der Waals surface area contributed by atoms with Gasteiger partial charge in [0.1, 0.15) is 17.7 Å². The van der Waals surface area contributed by atoms with Crippen molar-refractivity contribution in [3.05, 3.63) is 59.9 Å². The number of piperazine rings is 1. The summed E-state index contributed by atoms with van der Waals surface area (Å²) in [6, 6.07) is 14.1. The average molecular weight is 512 g/mol. The van der Waals surface area contributed by atoms with E-state index in [1.807, 2.05) is 57.2 Å². The molecule has 1 saturated heterocycles. The molecular formula is C26H33N5O4S. The van der Waals surface area contributed by atoms with Crippen molar-refractivity contribution in [3.63, 3.8) is 0 Å². The summed E-state index contributed by atoms with van der Waals surface area (Å²) in [6.07, 6.45) is 0. The summed E-state index contributed by atoms with van der Waals surface area (Å²) >= 11 is 0. The van der Waals surface area contributed by atoms with E-state index < -0.39 is 16.1 Å². The number of nitrogens with one attached hydrogen (secondary N) is 1. The molecule has 0 spiro atoms. The summed E-state index contributed by atoms with van der Waals surface area (Å²) in [5.41, 5.74) is 1.80. The standard InChI is InChI=1S/C26H33N5O4S/c1-18(2)24(26(32)35-4)29-25-21-7-5-6-8-22(21)27-23(28-25)17-30-13-15-31(16-14-30)36(33,34)20-11-9-19(3)10-12-20/h5-12,18,24H,13-17H2,1-4H3,(H,27,28,29)/t24-/m0/s1. The van der Waals surface area contributed by atoms with E-state index in [1.165, 1.54) is 11.4 Å². The maximum absolute atomic E-state index is 13.0. The van der Waals surface area contributed by atoms with Crippen molar-refractivity contribution < 1.29 is 17.9 Å². The quantitative estimate of drug-likeness (QED) is 0.460. The molecular weight excluding hydrogens is 478 g/mol. The molecule has 10 heteroatoms. The van der Waals surface area contributed by atoms with Crippen LogP contribution in [0.25, 0.3) is 10.9 Å². The van der Waals surface area contributed by atoms with Gasteiger partial charge >= 0.3 is 5.97 Å². The first-order valence-corrected chi connectivity index (χ1v) is 13.5. The second-order valence-electron chi connectivity index (χ2n) is 9.39. The normalized spacial score (nSPS) is 16.2. The minimum atomic E-state index is -3.52. The molecule has 1 aromatic heterocycles. The van der Waals surface area contributed by atoms with E-state index in [9.17, 15) is 13.2 Å². The second kappa shape index (κ2) is 10.9. The highest BCUT2D eigenvalue weighted by atomic mass is 32.2. The molecule has 0 amide bonds. The van der Waals surface area contributed by atoms with Crippen LogP contribution in [0, 0.1) is 12.8 Å². The molecule has 1 aliphatic heterocycles. The van der Waals surface area contributed by atoms with Crippen LogP contribution in [-0.2, 0) is 26.1 Å². The summed E-state index contributed by atoms with van der Waals surface area (Å²) in [5.74, 6) is 0.844. The molecule has 36 heavy (non-hydrogen) atoms. The molecule has 0 saturated carbocycles. The number of fused-ring (bicyclic) bond motifs is 1. The SMILES string of the molecule is COC(=O)[C@@H](Nc1nc(CN2CCN(S(=O)(=O)c3ccc(C)cc3)CC2)nc2ccccc12)C(C)C. The van der Waals surface area contributed by atoms with Crippen LogP contribution in [0.5, 0.6) is 0 Å². The number of esters is 1. The third-order valence-electron chi connectivity index (χ3n) is 6.42. The number of benzene rings is 2. The first-order chi connectivity index (χ1) is 17.2. The summed E-state index contributed by atoms with van der Waals surface area (Å²) in [6.45, 7) is 8.24. The number of para-hydroxylation sites is 1. The van der Waals surface area contributed by atoms with Crippen molar-refractivity contribution in [2.24, 2.45) is 5.92 Å². The van der Waals surface area contributed by atoms with Crippen molar-refractivity contribution >= 4 is 32.7 Å². The number of methoxy groups -OCH3 is 1. The van der Waals surface area contributed by atoms with E-state index in [4.69, 9.17) is 14.7 Å². The Morgan fingerprint density at radius 3 is 2.33 bits per heavy atom. The molecule has 1 atom stereocenters. The molecule has 0 aliphatic carbocycles. The van der Waals surface area contributed by atoms with Crippen LogP contribution in [0.2, 0.25) is 0 Å². The summed E-state index contributed by atoms with van der Waals surface area (Å²) in [5, 5.41) is 4.09. The van der Waals surface area contributed by atoms with Gasteiger partial charge in [0.25, 0.3) is 0 Å². The number of ether oxygens (including phenoxy) is 1. The van der Waals surface area contributed by atoms with Gasteiger partial charge in [0.05, 0.1) is 24.1 Å². The topological polar surface area (TPSA) is 105 Å². The minimum Gasteiger partial charge on any atom is -0.467 e. The van der Waals surface area contributed by atoms with Gasteiger partial charge in [-0.05, 0) is 37.1 Å². The Bertz CT molecular complexity index is 1320. The molecule has 1 N–H and O–H groups in total. The van der Waals surface area contributed by atoms with Crippen LogP contribution in [0.1, 0.15) is 25.2 Å². The number of anilines is 1. The number of aromatic nitrogens is 2. The predicted molar refractivity (Wildman–Crippen MR) is 139 cm³/mol. The van der Waals surface area contributed by atoms with Crippen molar-refractivity contribution in [1.82, 2.24) is 19.2 Å². The van der Waals surface area contributed by atoms with Gasteiger partial charge in [0.15, 0.2) is 0 Å². The molecule has 4 rings (SSSR count). The first-order valence-electron chi connectivity index (χ1n) is 12.1. The Balaban J connectivity index is 1.50. The number of aryl methyl sites for hydroxylation is 1. The molecule has 0 bridgehead atoms. The molecule has 1 aliphatic rings. The highest BCUT2D eigenvalue weighted by Crippen LogP contribution is 2.24. The maximum Gasteiger partial charge on any atom is 0.328 e.